The molecule has 7 heteroatoms. The normalized spacial score (nSPS) is 12.9. The molecule has 1 rings (SSSR count). The van der Waals surface area contributed by atoms with Crippen LogP contribution in [0.3, 0.4) is 0 Å². The zero-order valence-corrected chi connectivity index (χ0v) is 10.1. The van der Waals surface area contributed by atoms with Gasteiger partial charge in [-0.1, -0.05) is 6.07 Å². The highest BCUT2D eigenvalue weighted by Gasteiger charge is 2.30. The maximum atomic E-state index is 12.4. The monoisotopic (exact) mass is 282 g/mol. The number of ether oxygens (including phenoxy) is 2. The van der Waals surface area contributed by atoms with Crippen LogP contribution in [-0.2, 0) is 10.9 Å². The van der Waals surface area contributed by atoms with E-state index in [9.17, 15) is 18.0 Å². The van der Waals surface area contributed by atoms with Gasteiger partial charge in [-0.05, 0) is 25.1 Å². The van der Waals surface area contributed by atoms with Crippen molar-refractivity contribution >= 4 is 17.0 Å². The van der Waals surface area contributed by atoms with Crippen LogP contribution in [0.25, 0.3) is 0 Å². The van der Waals surface area contributed by atoms with Gasteiger partial charge < -0.3 is 9.47 Å². The Morgan fingerprint density at radius 2 is 2.11 bits per heavy atom. The summed E-state index contributed by atoms with van der Waals surface area (Å²) in [5, 5.41) is 0. The second kappa shape index (κ2) is 5.95. The van der Waals surface area contributed by atoms with E-state index in [0.717, 1.165) is 12.1 Å². The van der Waals surface area contributed by atoms with E-state index in [1.165, 1.54) is 19.1 Å². The Balaban J connectivity index is 2.60. The Kier molecular flexibility index (Phi) is 4.84. The standard InChI is InChI=1S/C11H10ClF3O3/c1-7(18-10(12)16)6-17-9-4-2-3-8(5-9)11(13,14)15/h2-5,7H,6H2,1H3. The Morgan fingerprint density at radius 3 is 2.67 bits per heavy atom. The fourth-order valence-corrected chi connectivity index (χ4v) is 1.32. The average Bonchev–Trinajstić information content (AvgIpc) is 2.25. The number of hydrogen-bond acceptors (Lipinski definition) is 3. The highest BCUT2D eigenvalue weighted by Crippen LogP contribution is 2.31. The number of rotatable bonds is 4. The summed E-state index contributed by atoms with van der Waals surface area (Å²) in [7, 11) is 0. The van der Waals surface area contributed by atoms with E-state index in [-0.39, 0.29) is 12.4 Å². The summed E-state index contributed by atoms with van der Waals surface area (Å²) in [6, 6.07) is 4.42. The van der Waals surface area contributed by atoms with Gasteiger partial charge in [-0.25, -0.2) is 4.79 Å². The molecule has 100 valence electrons. The summed E-state index contributed by atoms with van der Waals surface area (Å²) in [5.74, 6) is 0.0438. The van der Waals surface area contributed by atoms with Crippen molar-refractivity contribution in [3.8, 4) is 5.75 Å². The van der Waals surface area contributed by atoms with Crippen molar-refractivity contribution in [3.63, 3.8) is 0 Å². The van der Waals surface area contributed by atoms with Gasteiger partial charge in [0.1, 0.15) is 18.5 Å². The largest absolute Gasteiger partial charge is 0.490 e. The van der Waals surface area contributed by atoms with Crippen LogP contribution in [0.2, 0.25) is 0 Å². The molecule has 0 aliphatic heterocycles. The zero-order chi connectivity index (χ0) is 13.8. The first-order chi connectivity index (χ1) is 8.29. The summed E-state index contributed by atoms with van der Waals surface area (Å²) in [6.45, 7) is 1.42. The van der Waals surface area contributed by atoms with Crippen molar-refractivity contribution in [2.75, 3.05) is 6.61 Å². The summed E-state index contributed by atoms with van der Waals surface area (Å²) in [6.07, 6.45) is -5.07. The van der Waals surface area contributed by atoms with E-state index in [1.54, 1.807) is 0 Å². The van der Waals surface area contributed by atoms with Gasteiger partial charge >= 0.3 is 11.6 Å². The maximum absolute atomic E-state index is 12.4. The molecule has 0 fully saturated rings. The molecule has 0 aliphatic rings. The molecule has 0 aliphatic carbocycles. The van der Waals surface area contributed by atoms with Gasteiger partial charge in [-0.3, -0.25) is 0 Å². The van der Waals surface area contributed by atoms with Gasteiger partial charge in [0.15, 0.2) is 0 Å². The molecule has 0 radical (unpaired) electrons. The summed E-state index contributed by atoms with van der Waals surface area (Å²) < 4.78 is 46.8. The first-order valence-electron chi connectivity index (χ1n) is 4.95. The molecular formula is C11H10ClF3O3. The van der Waals surface area contributed by atoms with E-state index < -0.39 is 23.3 Å². The number of carbonyl (C=O) groups excluding carboxylic acids is 1. The zero-order valence-electron chi connectivity index (χ0n) is 9.33. The molecule has 0 saturated carbocycles. The van der Waals surface area contributed by atoms with Crippen LogP contribution >= 0.6 is 11.6 Å². The van der Waals surface area contributed by atoms with Gasteiger partial charge in [0.2, 0.25) is 0 Å². The first kappa shape index (κ1) is 14.6. The smallest absolute Gasteiger partial charge is 0.416 e. The van der Waals surface area contributed by atoms with Crippen LogP contribution in [0.15, 0.2) is 24.3 Å². The van der Waals surface area contributed by atoms with E-state index >= 15 is 0 Å². The van der Waals surface area contributed by atoms with Crippen LogP contribution in [0.1, 0.15) is 12.5 Å². The van der Waals surface area contributed by atoms with E-state index in [4.69, 9.17) is 16.3 Å². The molecule has 0 aromatic heterocycles. The molecule has 0 amide bonds. The molecule has 1 aromatic carbocycles. The number of benzene rings is 1. The third-order valence-corrected chi connectivity index (χ3v) is 2.03. The van der Waals surface area contributed by atoms with Crippen LogP contribution < -0.4 is 4.74 Å². The molecule has 1 unspecified atom stereocenters. The Hall–Kier alpha value is -1.43. The lowest BCUT2D eigenvalue weighted by Crippen LogP contribution is -2.19. The number of hydrogen-bond donors (Lipinski definition) is 0. The van der Waals surface area contributed by atoms with Crippen LogP contribution in [0.4, 0.5) is 18.0 Å². The van der Waals surface area contributed by atoms with Crippen molar-refractivity contribution in [2.24, 2.45) is 0 Å². The lowest BCUT2D eigenvalue weighted by atomic mass is 10.2. The molecule has 0 bridgehead atoms. The maximum Gasteiger partial charge on any atom is 0.416 e. The van der Waals surface area contributed by atoms with Crippen molar-refractivity contribution in [1.29, 1.82) is 0 Å². The Morgan fingerprint density at radius 1 is 1.44 bits per heavy atom. The summed E-state index contributed by atoms with van der Waals surface area (Å²) in [4.78, 5) is 10.4. The molecule has 18 heavy (non-hydrogen) atoms. The fraction of sp³-hybridized carbons (Fsp3) is 0.364. The molecule has 3 nitrogen and oxygen atoms in total. The average molecular weight is 283 g/mol. The summed E-state index contributed by atoms with van der Waals surface area (Å²) in [5.41, 5.74) is -1.79. The highest BCUT2D eigenvalue weighted by molar-refractivity contribution is 6.61. The topological polar surface area (TPSA) is 35.5 Å². The second-order valence-electron chi connectivity index (χ2n) is 3.50. The van der Waals surface area contributed by atoms with Crippen molar-refractivity contribution in [1.82, 2.24) is 0 Å². The molecule has 0 spiro atoms. The molecule has 1 atom stereocenters. The molecule has 0 saturated heterocycles. The Bertz CT molecular complexity index is 420. The molecule has 0 N–H and O–H groups in total. The van der Waals surface area contributed by atoms with Crippen LogP contribution in [0, 0.1) is 0 Å². The third kappa shape index (κ3) is 4.83. The number of alkyl halides is 3. The quantitative estimate of drug-likeness (QED) is 0.787. The lowest BCUT2D eigenvalue weighted by Gasteiger charge is -2.13. The van der Waals surface area contributed by atoms with Crippen molar-refractivity contribution in [2.45, 2.75) is 19.2 Å². The van der Waals surface area contributed by atoms with Gasteiger partial charge in [-0.15, -0.1) is 0 Å². The second-order valence-corrected chi connectivity index (χ2v) is 3.81. The fourth-order valence-electron chi connectivity index (χ4n) is 1.17. The number of carbonyl (C=O) groups is 1. The van der Waals surface area contributed by atoms with Gasteiger partial charge in [0.05, 0.1) is 5.56 Å². The minimum atomic E-state index is -4.42. The predicted molar refractivity (Wildman–Crippen MR) is 58.7 cm³/mol. The van der Waals surface area contributed by atoms with E-state index in [1.807, 2.05) is 0 Å². The van der Waals surface area contributed by atoms with Gasteiger partial charge in [0.25, 0.3) is 0 Å². The van der Waals surface area contributed by atoms with Gasteiger partial charge in [0, 0.05) is 11.6 Å². The van der Waals surface area contributed by atoms with E-state index in [0.29, 0.717) is 0 Å². The molecule has 1 aromatic rings. The van der Waals surface area contributed by atoms with Gasteiger partial charge in [-0.2, -0.15) is 13.2 Å². The third-order valence-electron chi connectivity index (χ3n) is 1.94. The highest BCUT2D eigenvalue weighted by atomic mass is 35.5. The van der Waals surface area contributed by atoms with Crippen molar-refractivity contribution in [3.05, 3.63) is 29.8 Å². The minimum absolute atomic E-state index is 0.0438. The minimum Gasteiger partial charge on any atom is -0.490 e. The predicted octanol–water partition coefficient (Wildman–Crippen LogP) is 3.85. The lowest BCUT2D eigenvalue weighted by molar-refractivity contribution is -0.137. The first-order valence-corrected chi connectivity index (χ1v) is 5.33. The molecule has 0 heterocycles. The molecular weight excluding hydrogens is 273 g/mol. The summed E-state index contributed by atoms with van der Waals surface area (Å²) >= 11 is 4.97. The van der Waals surface area contributed by atoms with Crippen molar-refractivity contribution < 1.29 is 27.4 Å². The Labute approximate surface area is 106 Å². The number of halogens is 4. The van der Waals surface area contributed by atoms with Crippen LogP contribution in [-0.4, -0.2) is 18.1 Å². The van der Waals surface area contributed by atoms with Crippen LogP contribution in [0.5, 0.6) is 5.75 Å². The van der Waals surface area contributed by atoms with E-state index in [2.05, 4.69) is 4.74 Å². The SMILES string of the molecule is CC(COc1cccc(C(F)(F)F)c1)OC(=O)Cl.